The Hall–Kier alpha value is -1.79. The summed E-state index contributed by atoms with van der Waals surface area (Å²) in [7, 11) is 3.53. The van der Waals surface area contributed by atoms with Gasteiger partial charge in [0, 0.05) is 57.9 Å². The minimum atomic E-state index is 0.0291. The second-order valence-electron chi connectivity index (χ2n) is 7.24. The van der Waals surface area contributed by atoms with Crippen LogP contribution in [0.1, 0.15) is 18.4 Å². The number of rotatable bonds is 5. The van der Waals surface area contributed by atoms with Crippen molar-refractivity contribution in [3.8, 4) is 0 Å². The summed E-state index contributed by atoms with van der Waals surface area (Å²) in [5.74, 6) is 0.912. The number of hydrogen-bond donors (Lipinski definition) is 1. The Morgan fingerprint density at radius 3 is 2.42 bits per heavy atom. The number of hydrogen-bond acceptors (Lipinski definition) is 3. The zero-order valence-electron chi connectivity index (χ0n) is 15.6. The predicted octanol–water partition coefficient (Wildman–Crippen LogP) is 1.65. The molecule has 1 aromatic carbocycles. The number of piperazine rings is 1. The summed E-state index contributed by atoms with van der Waals surface area (Å²) in [5.41, 5.74) is 1.28. The molecule has 26 heavy (non-hydrogen) atoms. The Morgan fingerprint density at radius 1 is 1.19 bits per heavy atom. The van der Waals surface area contributed by atoms with Crippen molar-refractivity contribution < 1.29 is 4.79 Å². The minimum Gasteiger partial charge on any atom is -0.353 e. The molecule has 0 radical (unpaired) electrons. The molecular formula is C19H28ClN5O. The Morgan fingerprint density at radius 2 is 1.85 bits per heavy atom. The fourth-order valence-electron chi connectivity index (χ4n) is 2.90. The molecule has 1 saturated carbocycles. The SMILES string of the molecule is CN(C)C(=O)CN=C(NC1CC1)N1CCN(Cc2ccc(Cl)cc2)CC1. The second-order valence-corrected chi connectivity index (χ2v) is 7.67. The van der Waals surface area contributed by atoms with E-state index in [1.807, 2.05) is 12.1 Å². The number of guanidine groups is 1. The highest BCUT2D eigenvalue weighted by molar-refractivity contribution is 6.30. The van der Waals surface area contributed by atoms with Crippen LogP contribution in [0.5, 0.6) is 0 Å². The monoisotopic (exact) mass is 377 g/mol. The molecule has 7 heteroatoms. The van der Waals surface area contributed by atoms with E-state index in [4.69, 9.17) is 11.6 Å². The fourth-order valence-corrected chi connectivity index (χ4v) is 3.02. The first kappa shape index (κ1) is 19.0. The number of carbonyl (C=O) groups is 1. The van der Waals surface area contributed by atoms with Crippen molar-refractivity contribution in [1.82, 2.24) is 20.0 Å². The molecule has 3 rings (SSSR count). The molecule has 0 spiro atoms. The third-order valence-electron chi connectivity index (χ3n) is 4.76. The summed E-state index contributed by atoms with van der Waals surface area (Å²) in [5, 5.41) is 4.27. The summed E-state index contributed by atoms with van der Waals surface area (Å²) in [6.45, 7) is 4.94. The van der Waals surface area contributed by atoms with Crippen LogP contribution < -0.4 is 5.32 Å². The van der Waals surface area contributed by atoms with Gasteiger partial charge in [0.2, 0.25) is 5.91 Å². The average Bonchev–Trinajstić information content (AvgIpc) is 3.45. The molecule has 0 bridgehead atoms. The van der Waals surface area contributed by atoms with E-state index in [2.05, 4.69) is 32.2 Å². The van der Waals surface area contributed by atoms with E-state index in [0.29, 0.717) is 6.04 Å². The first-order valence-corrected chi connectivity index (χ1v) is 9.62. The second kappa shape index (κ2) is 8.73. The fraction of sp³-hybridized carbons (Fsp3) is 0.579. The molecule has 1 amide bonds. The van der Waals surface area contributed by atoms with Gasteiger partial charge in [-0.25, -0.2) is 4.99 Å². The van der Waals surface area contributed by atoms with E-state index < -0.39 is 0 Å². The molecule has 1 aromatic rings. The largest absolute Gasteiger partial charge is 0.353 e. The molecule has 1 saturated heterocycles. The number of halogens is 1. The smallest absolute Gasteiger partial charge is 0.243 e. The third-order valence-corrected chi connectivity index (χ3v) is 5.02. The lowest BCUT2D eigenvalue weighted by atomic mass is 10.2. The molecule has 0 unspecified atom stereocenters. The van der Waals surface area contributed by atoms with Gasteiger partial charge in [0.1, 0.15) is 6.54 Å². The van der Waals surface area contributed by atoms with Gasteiger partial charge in [0.05, 0.1) is 0 Å². The van der Waals surface area contributed by atoms with Gasteiger partial charge in [-0.05, 0) is 30.5 Å². The molecule has 1 aliphatic heterocycles. The number of carbonyl (C=O) groups excluding carboxylic acids is 1. The molecule has 0 aromatic heterocycles. The van der Waals surface area contributed by atoms with Crippen LogP contribution in [-0.2, 0) is 11.3 Å². The maximum Gasteiger partial charge on any atom is 0.243 e. The standard InChI is InChI=1S/C19H28ClN5O/c1-23(2)18(26)13-21-19(22-17-7-8-17)25-11-9-24(10-12-25)14-15-3-5-16(20)6-4-15/h3-6,17H,7-14H2,1-2H3,(H,21,22). The predicted molar refractivity (Wildman–Crippen MR) is 105 cm³/mol. The van der Waals surface area contributed by atoms with E-state index in [0.717, 1.165) is 43.7 Å². The maximum absolute atomic E-state index is 11.9. The molecule has 1 aliphatic carbocycles. The number of nitrogens with zero attached hydrogens (tertiary/aromatic N) is 4. The normalized spacial score (nSPS) is 18.7. The van der Waals surface area contributed by atoms with Gasteiger partial charge in [0.25, 0.3) is 0 Å². The molecular weight excluding hydrogens is 350 g/mol. The van der Waals surface area contributed by atoms with Crippen molar-refractivity contribution in [1.29, 1.82) is 0 Å². The topological polar surface area (TPSA) is 51.2 Å². The first-order valence-electron chi connectivity index (χ1n) is 9.24. The van der Waals surface area contributed by atoms with Crippen LogP contribution in [0.15, 0.2) is 29.3 Å². The highest BCUT2D eigenvalue weighted by Crippen LogP contribution is 2.19. The van der Waals surface area contributed by atoms with Gasteiger partial charge >= 0.3 is 0 Å². The van der Waals surface area contributed by atoms with E-state index >= 15 is 0 Å². The summed E-state index contributed by atoms with van der Waals surface area (Å²) >= 11 is 5.96. The van der Waals surface area contributed by atoms with Crippen LogP contribution in [-0.4, -0.2) is 79.4 Å². The molecule has 1 heterocycles. The Bertz CT molecular complexity index is 634. The Kier molecular flexibility index (Phi) is 6.38. The first-order chi connectivity index (χ1) is 12.5. The van der Waals surface area contributed by atoms with Crippen LogP contribution in [0.4, 0.5) is 0 Å². The molecule has 6 nitrogen and oxygen atoms in total. The lowest BCUT2D eigenvalue weighted by Crippen LogP contribution is -2.52. The van der Waals surface area contributed by atoms with Crippen LogP contribution in [0, 0.1) is 0 Å². The van der Waals surface area contributed by atoms with E-state index in [9.17, 15) is 4.79 Å². The van der Waals surface area contributed by atoms with E-state index in [1.54, 1.807) is 19.0 Å². The van der Waals surface area contributed by atoms with Gasteiger partial charge < -0.3 is 15.1 Å². The highest BCUT2D eigenvalue weighted by atomic mass is 35.5. The third kappa shape index (κ3) is 5.61. The van der Waals surface area contributed by atoms with Gasteiger partial charge in [-0.3, -0.25) is 9.69 Å². The van der Waals surface area contributed by atoms with Crippen molar-refractivity contribution in [2.45, 2.75) is 25.4 Å². The molecule has 0 atom stereocenters. The van der Waals surface area contributed by atoms with Crippen LogP contribution in [0.3, 0.4) is 0 Å². The van der Waals surface area contributed by atoms with Crippen molar-refractivity contribution in [3.63, 3.8) is 0 Å². The van der Waals surface area contributed by atoms with Gasteiger partial charge in [-0.15, -0.1) is 0 Å². The van der Waals surface area contributed by atoms with Crippen molar-refractivity contribution in [2.75, 3.05) is 46.8 Å². The maximum atomic E-state index is 11.9. The van der Waals surface area contributed by atoms with Gasteiger partial charge in [0.15, 0.2) is 5.96 Å². The average molecular weight is 378 g/mol. The van der Waals surface area contributed by atoms with Gasteiger partial charge in [-0.1, -0.05) is 23.7 Å². The number of amides is 1. The van der Waals surface area contributed by atoms with Crippen LogP contribution in [0.2, 0.25) is 5.02 Å². The number of likely N-dealkylation sites (N-methyl/N-ethyl adjacent to an activating group) is 1. The lowest BCUT2D eigenvalue weighted by Gasteiger charge is -2.36. The van der Waals surface area contributed by atoms with Crippen molar-refractivity contribution in [3.05, 3.63) is 34.9 Å². The Balaban J connectivity index is 1.53. The van der Waals surface area contributed by atoms with Gasteiger partial charge in [-0.2, -0.15) is 0 Å². The van der Waals surface area contributed by atoms with Crippen LogP contribution in [0.25, 0.3) is 0 Å². The summed E-state index contributed by atoms with van der Waals surface area (Å²) in [6, 6.07) is 8.58. The summed E-state index contributed by atoms with van der Waals surface area (Å²) < 4.78 is 0. The number of aliphatic imine (C=N–C) groups is 1. The summed E-state index contributed by atoms with van der Waals surface area (Å²) in [4.78, 5) is 22.7. The number of nitrogens with one attached hydrogen (secondary N) is 1. The van der Waals surface area contributed by atoms with Crippen molar-refractivity contribution >= 4 is 23.5 Å². The van der Waals surface area contributed by atoms with E-state index in [-0.39, 0.29) is 12.5 Å². The molecule has 2 aliphatic rings. The lowest BCUT2D eigenvalue weighted by molar-refractivity contribution is -0.127. The molecule has 142 valence electrons. The minimum absolute atomic E-state index is 0.0291. The van der Waals surface area contributed by atoms with Crippen molar-refractivity contribution in [2.24, 2.45) is 4.99 Å². The highest BCUT2D eigenvalue weighted by Gasteiger charge is 2.27. The number of benzene rings is 1. The van der Waals surface area contributed by atoms with E-state index in [1.165, 1.54) is 18.4 Å². The molecule has 1 N–H and O–H groups in total. The molecule has 2 fully saturated rings. The Labute approximate surface area is 160 Å². The van der Waals surface area contributed by atoms with Crippen LogP contribution >= 0.6 is 11.6 Å². The zero-order valence-corrected chi connectivity index (χ0v) is 16.4. The summed E-state index contributed by atoms with van der Waals surface area (Å²) in [6.07, 6.45) is 2.38. The zero-order chi connectivity index (χ0) is 18.5. The quantitative estimate of drug-likeness (QED) is 0.626.